The molecule has 1 aliphatic carbocycles. The number of esters is 1. The van der Waals surface area contributed by atoms with Crippen LogP contribution in [-0.2, 0) is 19.0 Å². The molecule has 5 heteroatoms. The largest absolute Gasteiger partial charge is 0.466 e. The van der Waals surface area contributed by atoms with Crippen molar-refractivity contribution < 1.29 is 24.1 Å². The van der Waals surface area contributed by atoms with Crippen LogP contribution in [0.3, 0.4) is 0 Å². The van der Waals surface area contributed by atoms with Gasteiger partial charge in [0.1, 0.15) is 0 Å². The molecule has 0 spiro atoms. The lowest BCUT2D eigenvalue weighted by Gasteiger charge is -2.33. The van der Waals surface area contributed by atoms with Gasteiger partial charge in [-0.2, -0.15) is 0 Å². The maximum absolute atomic E-state index is 12.0. The van der Waals surface area contributed by atoms with Crippen LogP contribution in [0.15, 0.2) is 12.2 Å². The molecular formula is C14H22O5. The van der Waals surface area contributed by atoms with Crippen molar-refractivity contribution in [3.8, 4) is 0 Å². The summed E-state index contributed by atoms with van der Waals surface area (Å²) < 4.78 is 16.4. The fourth-order valence-electron chi connectivity index (χ4n) is 2.76. The summed E-state index contributed by atoms with van der Waals surface area (Å²) in [5.41, 5.74) is 0. The first-order valence-corrected chi connectivity index (χ1v) is 6.77. The first-order valence-electron chi connectivity index (χ1n) is 6.77. The Morgan fingerprint density at radius 2 is 2.26 bits per heavy atom. The van der Waals surface area contributed by atoms with E-state index in [9.17, 15) is 9.90 Å². The number of hydrogen-bond acceptors (Lipinski definition) is 5. The molecule has 0 saturated carbocycles. The van der Waals surface area contributed by atoms with Crippen LogP contribution < -0.4 is 0 Å². The molecule has 0 radical (unpaired) electrons. The number of aliphatic hydroxyl groups is 1. The average molecular weight is 270 g/mol. The van der Waals surface area contributed by atoms with E-state index in [4.69, 9.17) is 14.2 Å². The molecule has 1 fully saturated rings. The summed E-state index contributed by atoms with van der Waals surface area (Å²) >= 11 is 0. The van der Waals surface area contributed by atoms with E-state index in [1.165, 1.54) is 0 Å². The van der Waals surface area contributed by atoms with Crippen molar-refractivity contribution in [2.24, 2.45) is 11.8 Å². The summed E-state index contributed by atoms with van der Waals surface area (Å²) in [5.74, 6) is -1.68. The molecule has 1 N–H and O–H groups in total. The highest BCUT2D eigenvalue weighted by molar-refractivity contribution is 5.74. The lowest BCUT2D eigenvalue weighted by molar-refractivity contribution is -0.165. The van der Waals surface area contributed by atoms with E-state index in [0.717, 1.165) is 0 Å². The fourth-order valence-corrected chi connectivity index (χ4v) is 2.76. The molecule has 5 nitrogen and oxygen atoms in total. The van der Waals surface area contributed by atoms with Gasteiger partial charge in [-0.25, -0.2) is 0 Å². The number of aliphatic hydroxyl groups excluding tert-OH is 1. The van der Waals surface area contributed by atoms with Crippen molar-refractivity contribution in [2.45, 2.75) is 45.2 Å². The topological polar surface area (TPSA) is 65.0 Å². The summed E-state index contributed by atoms with van der Waals surface area (Å²) in [6, 6.07) is 0. The van der Waals surface area contributed by atoms with Crippen LogP contribution >= 0.6 is 0 Å². The fraction of sp³-hybridized carbons (Fsp3) is 0.786. The third kappa shape index (κ3) is 3.16. The molecule has 0 aromatic carbocycles. The molecule has 108 valence electrons. The van der Waals surface area contributed by atoms with E-state index in [1.54, 1.807) is 13.0 Å². The number of carbonyl (C=O) groups excluding carboxylic acids is 1. The van der Waals surface area contributed by atoms with Crippen molar-refractivity contribution in [2.75, 3.05) is 13.2 Å². The minimum absolute atomic E-state index is 0.110. The summed E-state index contributed by atoms with van der Waals surface area (Å²) in [6.07, 6.45) is 3.22. The Morgan fingerprint density at radius 1 is 1.53 bits per heavy atom. The van der Waals surface area contributed by atoms with Gasteiger partial charge in [-0.05, 0) is 27.2 Å². The molecule has 19 heavy (non-hydrogen) atoms. The zero-order valence-electron chi connectivity index (χ0n) is 11.7. The monoisotopic (exact) mass is 270 g/mol. The van der Waals surface area contributed by atoms with Crippen LogP contribution in [0.25, 0.3) is 0 Å². The van der Waals surface area contributed by atoms with Gasteiger partial charge >= 0.3 is 5.97 Å². The average Bonchev–Trinajstić information content (AvgIpc) is 2.69. The number of ether oxygens (including phenoxy) is 3. The van der Waals surface area contributed by atoms with Gasteiger partial charge in [0.05, 0.1) is 31.3 Å². The Kier molecular flexibility index (Phi) is 4.28. The zero-order valence-corrected chi connectivity index (χ0v) is 11.7. The predicted molar refractivity (Wildman–Crippen MR) is 68.3 cm³/mol. The predicted octanol–water partition coefficient (Wildman–Crippen LogP) is 1.25. The Hall–Kier alpha value is -0.910. The SMILES string of the molecule is CCOC(=O)[C@H]1[C@H]([C@H]2COC(C)(C)O2)CC=C[C@@H]1O. The van der Waals surface area contributed by atoms with Gasteiger partial charge in [0.15, 0.2) is 5.79 Å². The first-order chi connectivity index (χ1) is 8.94. The molecule has 2 rings (SSSR count). The molecule has 0 bridgehead atoms. The quantitative estimate of drug-likeness (QED) is 0.617. The van der Waals surface area contributed by atoms with Crippen LogP contribution in [0.2, 0.25) is 0 Å². The second kappa shape index (κ2) is 5.61. The van der Waals surface area contributed by atoms with Crippen LogP contribution in [-0.4, -0.2) is 42.3 Å². The highest BCUT2D eigenvalue weighted by atomic mass is 16.7. The number of allylic oxidation sites excluding steroid dienone is 1. The molecule has 2 aliphatic rings. The molecule has 0 aromatic heterocycles. The van der Waals surface area contributed by atoms with Crippen LogP contribution in [0.5, 0.6) is 0 Å². The molecule has 0 amide bonds. The zero-order chi connectivity index (χ0) is 14.0. The van der Waals surface area contributed by atoms with E-state index in [-0.39, 0.29) is 18.0 Å². The Bertz CT molecular complexity index is 363. The van der Waals surface area contributed by atoms with Crippen LogP contribution in [0.1, 0.15) is 27.2 Å². The highest BCUT2D eigenvalue weighted by Gasteiger charge is 2.45. The van der Waals surface area contributed by atoms with Gasteiger partial charge in [-0.1, -0.05) is 12.2 Å². The summed E-state index contributed by atoms with van der Waals surface area (Å²) in [7, 11) is 0. The highest BCUT2D eigenvalue weighted by Crippen LogP contribution is 2.36. The molecule has 0 unspecified atom stereocenters. The second-order valence-corrected chi connectivity index (χ2v) is 5.46. The third-order valence-corrected chi connectivity index (χ3v) is 3.64. The van der Waals surface area contributed by atoms with E-state index in [0.29, 0.717) is 19.6 Å². The Labute approximate surface area is 113 Å². The maximum atomic E-state index is 12.0. The van der Waals surface area contributed by atoms with Crippen molar-refractivity contribution in [3.63, 3.8) is 0 Å². The second-order valence-electron chi connectivity index (χ2n) is 5.46. The molecule has 1 aliphatic heterocycles. The number of rotatable bonds is 3. The molecular weight excluding hydrogens is 248 g/mol. The normalized spacial score (nSPS) is 37.3. The van der Waals surface area contributed by atoms with Crippen molar-refractivity contribution in [3.05, 3.63) is 12.2 Å². The van der Waals surface area contributed by atoms with E-state index in [1.807, 2.05) is 19.9 Å². The molecule has 4 atom stereocenters. The summed E-state index contributed by atoms with van der Waals surface area (Å²) in [4.78, 5) is 12.0. The summed E-state index contributed by atoms with van der Waals surface area (Å²) in [5, 5.41) is 10.0. The third-order valence-electron chi connectivity index (χ3n) is 3.64. The Balaban J connectivity index is 2.13. The molecule has 1 saturated heterocycles. The molecule has 1 heterocycles. The number of hydrogen-bond donors (Lipinski definition) is 1. The standard InChI is InChI=1S/C14H22O5/c1-4-17-13(16)12-9(6-5-7-10(12)15)11-8-18-14(2,3)19-11/h5,7,9-12,15H,4,6,8H2,1-3H3/t9-,10-,11+,12-/m0/s1. The van der Waals surface area contributed by atoms with E-state index in [2.05, 4.69) is 0 Å². The van der Waals surface area contributed by atoms with Gasteiger partial charge in [0.25, 0.3) is 0 Å². The van der Waals surface area contributed by atoms with Crippen molar-refractivity contribution in [1.82, 2.24) is 0 Å². The number of carbonyl (C=O) groups is 1. The minimum atomic E-state index is -0.815. The van der Waals surface area contributed by atoms with E-state index < -0.39 is 17.8 Å². The van der Waals surface area contributed by atoms with Gasteiger partial charge in [0.2, 0.25) is 0 Å². The minimum Gasteiger partial charge on any atom is -0.466 e. The lowest BCUT2D eigenvalue weighted by atomic mass is 9.78. The Morgan fingerprint density at radius 3 is 2.84 bits per heavy atom. The van der Waals surface area contributed by atoms with Crippen LogP contribution in [0, 0.1) is 11.8 Å². The smallest absolute Gasteiger partial charge is 0.312 e. The summed E-state index contributed by atoms with van der Waals surface area (Å²) in [6.45, 7) is 6.21. The van der Waals surface area contributed by atoms with Gasteiger partial charge < -0.3 is 19.3 Å². The van der Waals surface area contributed by atoms with Gasteiger partial charge in [0, 0.05) is 5.92 Å². The molecule has 0 aromatic rings. The van der Waals surface area contributed by atoms with Crippen LogP contribution in [0.4, 0.5) is 0 Å². The van der Waals surface area contributed by atoms with Gasteiger partial charge in [-0.15, -0.1) is 0 Å². The van der Waals surface area contributed by atoms with E-state index >= 15 is 0 Å². The maximum Gasteiger partial charge on any atom is 0.312 e. The van der Waals surface area contributed by atoms with Crippen molar-refractivity contribution in [1.29, 1.82) is 0 Å². The van der Waals surface area contributed by atoms with Gasteiger partial charge in [-0.3, -0.25) is 4.79 Å². The lowest BCUT2D eigenvalue weighted by Crippen LogP contribution is -2.43. The first kappa shape index (κ1) is 14.5. The van der Waals surface area contributed by atoms with Crippen molar-refractivity contribution >= 4 is 5.97 Å².